The number of nitrogens with one attached hydrogen (secondary N) is 2. The van der Waals surface area contributed by atoms with E-state index in [2.05, 4.69) is 9.97 Å². The highest BCUT2D eigenvalue weighted by atomic mass is 16.6. The zero-order chi connectivity index (χ0) is 31.2. The number of hydrogen-bond acceptors (Lipinski definition) is 13. The summed E-state index contributed by atoms with van der Waals surface area (Å²) in [6.45, 7) is 2.92. The van der Waals surface area contributed by atoms with Crippen molar-refractivity contribution >= 4 is 41.4 Å². The van der Waals surface area contributed by atoms with E-state index in [1.165, 1.54) is 9.13 Å². The third-order valence-corrected chi connectivity index (χ3v) is 5.67. The van der Waals surface area contributed by atoms with E-state index >= 15 is 0 Å². The Kier molecular flexibility index (Phi) is 12.7. The summed E-state index contributed by atoms with van der Waals surface area (Å²) in [5.41, 5.74) is 0. The number of esters is 2. The van der Waals surface area contributed by atoms with Crippen LogP contribution in [0.4, 0.5) is 16.4 Å². The summed E-state index contributed by atoms with van der Waals surface area (Å²) in [5, 5.41) is 25.8. The highest BCUT2D eigenvalue weighted by Gasteiger charge is 2.19. The van der Waals surface area contributed by atoms with Crippen molar-refractivity contribution in [3.8, 4) is 0 Å². The van der Waals surface area contributed by atoms with Crippen LogP contribution in [0, 0.1) is 34.1 Å². The minimum Gasteiger partial charge on any atom is -0.461 e. The third-order valence-electron chi connectivity index (χ3n) is 5.67. The van der Waals surface area contributed by atoms with Crippen LogP contribution in [-0.2, 0) is 41.7 Å². The van der Waals surface area contributed by atoms with E-state index in [-0.39, 0.29) is 76.5 Å². The Hall–Kier alpha value is -5.23. The molecule has 0 aliphatic rings. The molecule has 0 saturated carbocycles. The largest absolute Gasteiger partial charge is 0.461 e. The molecule has 0 radical (unpaired) electrons. The Balaban J connectivity index is 1.55. The molecule has 42 heavy (non-hydrogen) atoms. The summed E-state index contributed by atoms with van der Waals surface area (Å²) in [7, 11) is 0. The van der Waals surface area contributed by atoms with Crippen LogP contribution in [0.15, 0.2) is 12.4 Å². The molecule has 0 aromatic carbocycles. The number of imide groups is 2. The predicted octanol–water partition coefficient (Wildman–Crippen LogP) is 0.992. The number of carbonyl (C=O) groups excluding carboxylic acids is 5. The number of aryl methyl sites for hydroxylation is 2. The molecule has 2 heterocycles. The smallest absolute Gasteiger partial charge is 0.342 e. The fourth-order valence-electron chi connectivity index (χ4n) is 3.60. The summed E-state index contributed by atoms with van der Waals surface area (Å²) in [5.74, 6) is -2.45. The van der Waals surface area contributed by atoms with Crippen LogP contribution in [-0.4, -0.2) is 71.9 Å². The zero-order valence-electron chi connectivity index (χ0n) is 22.9. The van der Waals surface area contributed by atoms with Crippen LogP contribution in [0.5, 0.6) is 0 Å². The molecule has 2 aromatic rings. The molecular formula is C23H30N8O11. The third kappa shape index (κ3) is 10.7. The van der Waals surface area contributed by atoms with Crippen molar-refractivity contribution in [2.45, 2.75) is 65.5 Å². The van der Waals surface area contributed by atoms with Gasteiger partial charge < -0.3 is 29.7 Å². The Labute approximate surface area is 237 Å². The maximum atomic E-state index is 11.9. The van der Waals surface area contributed by atoms with Crippen molar-refractivity contribution in [1.29, 1.82) is 0 Å². The number of ether oxygens (including phenoxy) is 2. The number of rotatable bonds is 16. The molecule has 19 heteroatoms. The molecule has 0 spiro atoms. The fraction of sp³-hybridized carbons (Fsp3) is 0.522. The number of carbonyl (C=O) groups is 5. The van der Waals surface area contributed by atoms with Gasteiger partial charge in [0, 0.05) is 39.5 Å². The molecule has 0 unspecified atom stereocenters. The average molecular weight is 595 g/mol. The van der Waals surface area contributed by atoms with Gasteiger partial charge in [0.1, 0.15) is 38.7 Å². The number of nitro groups is 2. The van der Waals surface area contributed by atoms with E-state index in [0.717, 1.165) is 12.4 Å². The molecule has 0 aliphatic carbocycles. The van der Waals surface area contributed by atoms with E-state index < -0.39 is 39.6 Å². The second-order valence-corrected chi connectivity index (χ2v) is 8.72. The lowest BCUT2D eigenvalue weighted by atomic mass is 10.2. The van der Waals surface area contributed by atoms with Crippen molar-refractivity contribution in [2.24, 2.45) is 0 Å². The lowest BCUT2D eigenvalue weighted by Crippen LogP contribution is -2.42. The molecule has 2 N–H and O–H groups in total. The van der Waals surface area contributed by atoms with Gasteiger partial charge in [-0.2, -0.15) is 0 Å². The molecular weight excluding hydrogens is 564 g/mol. The zero-order valence-corrected chi connectivity index (χ0v) is 22.9. The highest BCUT2D eigenvalue weighted by molar-refractivity contribution is 6.02. The Morgan fingerprint density at radius 1 is 0.738 bits per heavy atom. The van der Waals surface area contributed by atoms with Gasteiger partial charge >= 0.3 is 29.6 Å². The molecule has 19 nitrogen and oxygen atoms in total. The number of nitrogens with zero attached hydrogens (tertiary/aromatic N) is 6. The quantitative estimate of drug-likeness (QED) is 0.156. The lowest BCUT2D eigenvalue weighted by molar-refractivity contribution is -0.392. The van der Waals surface area contributed by atoms with Crippen LogP contribution in [0.1, 0.15) is 50.2 Å². The van der Waals surface area contributed by atoms with Crippen LogP contribution in [0.25, 0.3) is 0 Å². The highest BCUT2D eigenvalue weighted by Crippen LogP contribution is 2.14. The van der Waals surface area contributed by atoms with Gasteiger partial charge in [0.05, 0.1) is 0 Å². The van der Waals surface area contributed by atoms with Crippen LogP contribution in [0.2, 0.25) is 0 Å². The monoisotopic (exact) mass is 594 g/mol. The van der Waals surface area contributed by atoms with Crippen LogP contribution in [0.3, 0.4) is 0 Å². The van der Waals surface area contributed by atoms with Gasteiger partial charge in [-0.1, -0.05) is 0 Å². The van der Waals surface area contributed by atoms with Gasteiger partial charge in [0.15, 0.2) is 11.6 Å². The normalized spacial score (nSPS) is 10.5. The van der Waals surface area contributed by atoms with E-state index in [4.69, 9.17) is 9.47 Å². The second kappa shape index (κ2) is 16.1. The molecule has 0 aliphatic heterocycles. The number of urea groups is 1. The number of hydrogen-bond donors (Lipinski definition) is 2. The van der Waals surface area contributed by atoms with Gasteiger partial charge in [-0.05, 0) is 22.7 Å². The summed E-state index contributed by atoms with van der Waals surface area (Å²) in [6, 6.07) is -1.07. The SMILES string of the molecule is Cc1ncc([N+](=O)[O-])n1CCOC(=O)CCCC(=O)NC(=O)NC(=O)CCCC(=O)OCCn1c([N+](=O)[O-])cnc1C. The predicted molar refractivity (Wildman–Crippen MR) is 139 cm³/mol. The minimum atomic E-state index is -1.07. The van der Waals surface area contributed by atoms with E-state index in [1.54, 1.807) is 13.8 Å². The van der Waals surface area contributed by atoms with Crippen molar-refractivity contribution in [3.63, 3.8) is 0 Å². The molecule has 2 rings (SSSR count). The maximum absolute atomic E-state index is 11.9. The Bertz CT molecular complexity index is 1240. The maximum Gasteiger partial charge on any atom is 0.342 e. The minimum absolute atomic E-state index is 0.0303. The molecule has 0 fully saturated rings. The van der Waals surface area contributed by atoms with Crippen LogP contribution < -0.4 is 10.6 Å². The van der Waals surface area contributed by atoms with Crippen molar-refractivity contribution in [2.75, 3.05) is 13.2 Å². The molecule has 0 bridgehead atoms. The summed E-state index contributed by atoms with van der Waals surface area (Å²) in [6.07, 6.45) is 1.58. The molecule has 0 atom stereocenters. The average Bonchev–Trinajstić information content (AvgIpc) is 3.46. The van der Waals surface area contributed by atoms with Gasteiger partial charge in [-0.25, -0.2) is 23.9 Å². The Morgan fingerprint density at radius 3 is 1.48 bits per heavy atom. The first-order valence-electron chi connectivity index (χ1n) is 12.7. The van der Waals surface area contributed by atoms with Gasteiger partial charge in [0.25, 0.3) is 0 Å². The van der Waals surface area contributed by atoms with E-state index in [0.29, 0.717) is 11.6 Å². The second-order valence-electron chi connectivity index (χ2n) is 8.72. The summed E-state index contributed by atoms with van der Waals surface area (Å²) < 4.78 is 12.6. The summed E-state index contributed by atoms with van der Waals surface area (Å²) in [4.78, 5) is 87.6. The topological polar surface area (TPSA) is 250 Å². The first kappa shape index (κ1) is 33.0. The standard InChI is InChI=1S/C23H30N8O11/c1-15-24-13-19(30(37)38)28(15)9-11-41-21(34)7-3-5-17(32)26-23(36)27-18(33)6-4-8-22(35)42-12-10-29-16(2)25-14-20(29)31(39)40/h13-14H,3-12H2,1-2H3,(H2,26,27,32,33,36). The van der Waals surface area contributed by atoms with Gasteiger partial charge in [0.2, 0.25) is 11.8 Å². The number of amides is 4. The first-order valence-corrected chi connectivity index (χ1v) is 12.7. The molecule has 4 amide bonds. The Morgan fingerprint density at radius 2 is 1.12 bits per heavy atom. The number of imidazole rings is 2. The van der Waals surface area contributed by atoms with E-state index in [9.17, 15) is 44.2 Å². The van der Waals surface area contributed by atoms with Crippen molar-refractivity contribution in [1.82, 2.24) is 29.7 Å². The van der Waals surface area contributed by atoms with Crippen molar-refractivity contribution in [3.05, 3.63) is 44.3 Å². The lowest BCUT2D eigenvalue weighted by Gasteiger charge is -2.07. The van der Waals surface area contributed by atoms with Crippen LogP contribution >= 0.6 is 0 Å². The fourth-order valence-corrected chi connectivity index (χ4v) is 3.60. The van der Waals surface area contributed by atoms with E-state index in [1.807, 2.05) is 10.6 Å². The molecule has 2 aromatic heterocycles. The van der Waals surface area contributed by atoms with Gasteiger partial charge in [-0.15, -0.1) is 0 Å². The summed E-state index contributed by atoms with van der Waals surface area (Å²) >= 11 is 0. The van der Waals surface area contributed by atoms with Crippen molar-refractivity contribution < 1.29 is 43.3 Å². The molecule has 0 saturated heterocycles. The number of aromatic nitrogens is 4. The van der Waals surface area contributed by atoms with Gasteiger partial charge in [-0.3, -0.25) is 29.8 Å². The molecule has 228 valence electrons. The first-order chi connectivity index (χ1) is 19.9.